The average Bonchev–Trinajstić information content (AvgIpc) is 2.26. The molecule has 0 aliphatic heterocycles. The molecule has 0 aliphatic carbocycles. The van der Waals surface area contributed by atoms with Gasteiger partial charge in [-0.25, -0.2) is 0 Å². The Balaban J connectivity index is 2.86. The maximum Gasteiger partial charge on any atom is 0.450 e. The molecular weight excluding hydrogens is 247 g/mol. The first-order valence-electron chi connectivity index (χ1n) is 5.24. The summed E-state index contributed by atoms with van der Waals surface area (Å²) in [7, 11) is 0. The van der Waals surface area contributed by atoms with Crippen LogP contribution in [0.25, 0.3) is 0 Å². The van der Waals surface area contributed by atoms with Crippen LogP contribution in [0.5, 0.6) is 0 Å². The number of carbonyl (C=O) groups is 2. The Morgan fingerprint density at radius 1 is 1.17 bits per heavy atom. The Kier molecular flexibility index (Phi) is 4.47. The van der Waals surface area contributed by atoms with Crippen molar-refractivity contribution in [3.63, 3.8) is 0 Å². The van der Waals surface area contributed by atoms with Crippen molar-refractivity contribution < 1.29 is 22.8 Å². The molecule has 0 spiro atoms. The summed E-state index contributed by atoms with van der Waals surface area (Å²) in [5.74, 6) is -4.29. The van der Waals surface area contributed by atoms with E-state index in [1.165, 1.54) is 0 Å². The Morgan fingerprint density at radius 2 is 1.72 bits per heavy atom. The maximum atomic E-state index is 12.4. The van der Waals surface area contributed by atoms with Gasteiger partial charge in [-0.2, -0.15) is 13.2 Å². The zero-order chi connectivity index (χ0) is 13.8. The smallest absolute Gasteiger partial charge is 0.370 e. The number of carbonyl (C=O) groups excluding carboxylic acids is 2. The second kappa shape index (κ2) is 5.66. The van der Waals surface area contributed by atoms with Gasteiger partial charge in [-0.15, -0.1) is 0 Å². The molecule has 0 fully saturated rings. The normalized spacial score (nSPS) is 13.1. The first-order valence-corrected chi connectivity index (χ1v) is 5.24. The molecule has 0 aromatic heterocycles. The zero-order valence-corrected chi connectivity index (χ0v) is 9.41. The highest BCUT2D eigenvalue weighted by Crippen LogP contribution is 2.25. The number of amides is 1. The number of nitrogens with two attached hydrogens (primary N) is 1. The molecule has 0 saturated carbocycles. The van der Waals surface area contributed by atoms with Crippen molar-refractivity contribution in [3.05, 3.63) is 35.9 Å². The molecule has 1 amide bonds. The van der Waals surface area contributed by atoms with Gasteiger partial charge in [0, 0.05) is 12.3 Å². The van der Waals surface area contributed by atoms with Gasteiger partial charge < -0.3 is 5.73 Å². The lowest BCUT2D eigenvalue weighted by atomic mass is 9.91. The highest BCUT2D eigenvalue weighted by Gasteiger charge is 2.43. The molecule has 1 rings (SSSR count). The van der Waals surface area contributed by atoms with Crippen molar-refractivity contribution >= 4 is 11.7 Å². The third-order valence-corrected chi connectivity index (χ3v) is 2.42. The van der Waals surface area contributed by atoms with E-state index in [1.54, 1.807) is 30.3 Å². The van der Waals surface area contributed by atoms with E-state index in [0.717, 1.165) is 0 Å². The van der Waals surface area contributed by atoms with E-state index in [1.807, 2.05) is 0 Å². The van der Waals surface area contributed by atoms with E-state index in [-0.39, 0.29) is 6.42 Å². The monoisotopic (exact) mass is 259 g/mol. The molecule has 0 radical (unpaired) electrons. The van der Waals surface area contributed by atoms with E-state index in [0.29, 0.717) is 5.56 Å². The first kappa shape index (κ1) is 14.2. The van der Waals surface area contributed by atoms with Crippen LogP contribution in [0.1, 0.15) is 12.0 Å². The van der Waals surface area contributed by atoms with Crippen LogP contribution in [0, 0.1) is 5.92 Å². The third kappa shape index (κ3) is 4.20. The summed E-state index contributed by atoms with van der Waals surface area (Å²) >= 11 is 0. The van der Waals surface area contributed by atoms with E-state index in [9.17, 15) is 22.8 Å². The molecule has 2 N–H and O–H groups in total. The molecule has 0 saturated heterocycles. The number of primary amides is 1. The molecule has 98 valence electrons. The van der Waals surface area contributed by atoms with Crippen LogP contribution in [0.15, 0.2) is 30.3 Å². The van der Waals surface area contributed by atoms with Gasteiger partial charge in [0.05, 0.1) is 0 Å². The van der Waals surface area contributed by atoms with E-state index in [4.69, 9.17) is 5.73 Å². The number of ketones is 1. The molecule has 18 heavy (non-hydrogen) atoms. The Labute approximate surface area is 102 Å². The summed E-state index contributed by atoms with van der Waals surface area (Å²) in [5.41, 5.74) is 5.43. The van der Waals surface area contributed by atoms with Gasteiger partial charge in [-0.05, 0) is 12.0 Å². The van der Waals surface area contributed by atoms with Crippen LogP contribution >= 0.6 is 0 Å². The molecular formula is C12H12F3NO2. The molecule has 3 nitrogen and oxygen atoms in total. The summed E-state index contributed by atoms with van der Waals surface area (Å²) < 4.78 is 37.1. The van der Waals surface area contributed by atoms with Crippen LogP contribution in [-0.4, -0.2) is 17.9 Å². The highest BCUT2D eigenvalue weighted by molar-refractivity contribution is 5.90. The number of alkyl halides is 3. The summed E-state index contributed by atoms with van der Waals surface area (Å²) in [6.07, 6.45) is -5.70. The SMILES string of the molecule is NC(=O)CC(Cc1ccccc1)C(=O)C(F)(F)F. The molecule has 1 atom stereocenters. The first-order chi connectivity index (χ1) is 8.30. The predicted molar refractivity (Wildman–Crippen MR) is 58.5 cm³/mol. The fraction of sp³-hybridized carbons (Fsp3) is 0.333. The van der Waals surface area contributed by atoms with Crippen molar-refractivity contribution in [1.29, 1.82) is 0 Å². The van der Waals surface area contributed by atoms with Gasteiger partial charge in [-0.3, -0.25) is 9.59 Å². The lowest BCUT2D eigenvalue weighted by Gasteiger charge is -2.16. The van der Waals surface area contributed by atoms with Gasteiger partial charge in [0.1, 0.15) is 0 Å². The number of Topliss-reactive ketones (excluding diaryl/α,β-unsaturated/α-hetero) is 1. The second-order valence-electron chi connectivity index (χ2n) is 3.92. The van der Waals surface area contributed by atoms with Crippen molar-refractivity contribution in [2.45, 2.75) is 19.0 Å². The number of benzene rings is 1. The number of rotatable bonds is 5. The lowest BCUT2D eigenvalue weighted by molar-refractivity contribution is -0.176. The van der Waals surface area contributed by atoms with Crippen molar-refractivity contribution in [3.8, 4) is 0 Å². The fourth-order valence-electron chi connectivity index (χ4n) is 1.63. The summed E-state index contributed by atoms with van der Waals surface area (Å²) in [4.78, 5) is 21.9. The molecule has 0 aliphatic rings. The van der Waals surface area contributed by atoms with Crippen molar-refractivity contribution in [1.82, 2.24) is 0 Å². The van der Waals surface area contributed by atoms with Crippen LogP contribution in [0.2, 0.25) is 0 Å². The Hall–Kier alpha value is -1.85. The molecule has 6 heteroatoms. The van der Waals surface area contributed by atoms with E-state index in [2.05, 4.69) is 0 Å². The Morgan fingerprint density at radius 3 is 2.17 bits per heavy atom. The van der Waals surface area contributed by atoms with Gasteiger partial charge in [0.15, 0.2) is 0 Å². The number of hydrogen-bond acceptors (Lipinski definition) is 2. The number of halogens is 3. The Bertz CT molecular complexity index is 429. The zero-order valence-electron chi connectivity index (χ0n) is 9.41. The van der Waals surface area contributed by atoms with Gasteiger partial charge in [0.25, 0.3) is 0 Å². The van der Waals surface area contributed by atoms with Crippen molar-refractivity contribution in [2.75, 3.05) is 0 Å². The predicted octanol–water partition coefficient (Wildman–Crippen LogP) is 1.85. The quantitative estimate of drug-likeness (QED) is 0.877. The third-order valence-electron chi connectivity index (χ3n) is 2.42. The van der Waals surface area contributed by atoms with E-state index >= 15 is 0 Å². The highest BCUT2D eigenvalue weighted by atomic mass is 19.4. The maximum absolute atomic E-state index is 12.4. The molecule has 1 aromatic carbocycles. The van der Waals surface area contributed by atoms with Crippen LogP contribution in [-0.2, 0) is 16.0 Å². The molecule has 1 unspecified atom stereocenters. The summed E-state index contributed by atoms with van der Waals surface area (Å²) in [6.45, 7) is 0. The minimum atomic E-state index is -4.95. The fourth-order valence-corrected chi connectivity index (χ4v) is 1.63. The second-order valence-corrected chi connectivity index (χ2v) is 3.92. The van der Waals surface area contributed by atoms with Gasteiger partial charge in [-0.1, -0.05) is 30.3 Å². The summed E-state index contributed by atoms with van der Waals surface area (Å²) in [5, 5.41) is 0. The van der Waals surface area contributed by atoms with Gasteiger partial charge >= 0.3 is 6.18 Å². The van der Waals surface area contributed by atoms with E-state index < -0.39 is 30.2 Å². The lowest BCUT2D eigenvalue weighted by Crippen LogP contribution is -2.34. The number of hydrogen-bond donors (Lipinski definition) is 1. The van der Waals surface area contributed by atoms with Gasteiger partial charge in [0.2, 0.25) is 11.7 Å². The van der Waals surface area contributed by atoms with Crippen LogP contribution < -0.4 is 5.73 Å². The minimum Gasteiger partial charge on any atom is -0.370 e. The molecule has 1 aromatic rings. The standard InChI is InChI=1S/C12H12F3NO2/c13-12(14,15)11(18)9(7-10(16)17)6-8-4-2-1-3-5-8/h1-5,9H,6-7H2,(H2,16,17). The topological polar surface area (TPSA) is 60.2 Å². The minimum absolute atomic E-state index is 0.151. The van der Waals surface area contributed by atoms with Crippen LogP contribution in [0.4, 0.5) is 13.2 Å². The summed E-state index contributed by atoms with van der Waals surface area (Å²) in [6, 6.07) is 8.19. The molecule has 0 bridgehead atoms. The largest absolute Gasteiger partial charge is 0.450 e. The van der Waals surface area contributed by atoms with Crippen molar-refractivity contribution in [2.24, 2.45) is 11.7 Å². The average molecular weight is 259 g/mol. The van der Waals surface area contributed by atoms with Crippen LogP contribution in [0.3, 0.4) is 0 Å². The molecule has 0 heterocycles.